The maximum absolute atomic E-state index is 14.8. The molecular formula is C26H23FN4OS. The van der Waals surface area contributed by atoms with Gasteiger partial charge in [0.2, 0.25) is 0 Å². The van der Waals surface area contributed by atoms with Crippen LogP contribution in [0.25, 0.3) is 5.69 Å². The fourth-order valence-electron chi connectivity index (χ4n) is 4.30. The van der Waals surface area contributed by atoms with Crippen LogP contribution in [0.4, 0.5) is 10.1 Å². The Kier molecular flexibility index (Phi) is 5.79. The molecule has 7 heteroatoms. The molecule has 0 radical (unpaired) electrons. The molecule has 3 heterocycles. The van der Waals surface area contributed by atoms with E-state index in [2.05, 4.69) is 15.2 Å². The highest BCUT2D eigenvalue weighted by molar-refractivity contribution is 7.80. The van der Waals surface area contributed by atoms with Crippen molar-refractivity contribution in [2.24, 2.45) is 0 Å². The molecule has 4 aromatic rings. The smallest absolute Gasteiger partial charge is 0.174 e. The fraction of sp³-hybridized carbons (Fsp3) is 0.154. The van der Waals surface area contributed by atoms with Gasteiger partial charge in [-0.2, -0.15) is 0 Å². The van der Waals surface area contributed by atoms with Crippen LogP contribution in [-0.2, 0) is 0 Å². The number of aromatic nitrogens is 2. The van der Waals surface area contributed by atoms with Gasteiger partial charge in [-0.25, -0.2) is 4.39 Å². The van der Waals surface area contributed by atoms with Crippen LogP contribution in [0.5, 0.6) is 5.75 Å². The summed E-state index contributed by atoms with van der Waals surface area (Å²) in [6, 6.07) is 23.9. The quantitative estimate of drug-likeness (QED) is 0.382. The number of pyridine rings is 1. The van der Waals surface area contributed by atoms with Crippen LogP contribution in [0, 0.1) is 5.82 Å². The first kappa shape index (κ1) is 21.2. The molecule has 33 heavy (non-hydrogen) atoms. The van der Waals surface area contributed by atoms with Gasteiger partial charge in [0, 0.05) is 23.8 Å². The van der Waals surface area contributed by atoms with Crippen molar-refractivity contribution in [2.75, 3.05) is 11.5 Å². The highest BCUT2D eigenvalue weighted by atomic mass is 32.1. The summed E-state index contributed by atoms with van der Waals surface area (Å²) in [5.41, 5.74) is 3.17. The average molecular weight is 459 g/mol. The predicted octanol–water partition coefficient (Wildman–Crippen LogP) is 5.59. The molecule has 2 aromatic heterocycles. The van der Waals surface area contributed by atoms with Gasteiger partial charge in [-0.15, -0.1) is 0 Å². The van der Waals surface area contributed by atoms with Gasteiger partial charge in [-0.3, -0.25) is 4.98 Å². The largest absolute Gasteiger partial charge is 0.494 e. The van der Waals surface area contributed by atoms with Crippen LogP contribution in [0.3, 0.4) is 0 Å². The van der Waals surface area contributed by atoms with Crippen LogP contribution in [0.1, 0.15) is 30.4 Å². The SMILES string of the molecule is CCOc1ccc(N2C(=S)N[C@@H](c3ccccn3)[C@@H]2c2cccn2-c2ccccc2F)cc1. The van der Waals surface area contributed by atoms with Gasteiger partial charge in [0.1, 0.15) is 17.6 Å². The summed E-state index contributed by atoms with van der Waals surface area (Å²) in [5.74, 6) is 0.511. The normalized spacial score (nSPS) is 17.8. The van der Waals surface area contributed by atoms with E-state index < -0.39 is 0 Å². The Labute approximate surface area is 197 Å². The number of rotatable bonds is 6. The third-order valence-corrected chi connectivity index (χ3v) is 6.03. The van der Waals surface area contributed by atoms with Gasteiger partial charge in [-0.1, -0.05) is 18.2 Å². The summed E-state index contributed by atoms with van der Waals surface area (Å²) in [4.78, 5) is 6.66. The highest BCUT2D eigenvalue weighted by Crippen LogP contribution is 2.42. The Hall–Kier alpha value is -3.71. The number of hydrogen-bond acceptors (Lipinski definition) is 3. The molecule has 0 amide bonds. The highest BCUT2D eigenvalue weighted by Gasteiger charge is 2.42. The van der Waals surface area contributed by atoms with Gasteiger partial charge in [0.25, 0.3) is 0 Å². The van der Waals surface area contributed by atoms with Gasteiger partial charge >= 0.3 is 0 Å². The van der Waals surface area contributed by atoms with Crippen molar-refractivity contribution in [3.05, 3.63) is 108 Å². The molecule has 1 N–H and O–H groups in total. The average Bonchev–Trinajstić information content (AvgIpc) is 3.45. The van der Waals surface area contributed by atoms with Crippen LogP contribution in [0.15, 0.2) is 91.3 Å². The van der Waals surface area contributed by atoms with E-state index in [-0.39, 0.29) is 17.9 Å². The summed E-state index contributed by atoms with van der Waals surface area (Å²) < 4.78 is 22.2. The number of halogens is 1. The lowest BCUT2D eigenvalue weighted by molar-refractivity contribution is 0.340. The number of benzene rings is 2. The number of thiocarbonyl (C=S) groups is 1. The number of anilines is 1. The molecule has 0 spiro atoms. The van der Waals surface area contributed by atoms with Crippen LogP contribution < -0.4 is 15.0 Å². The zero-order valence-corrected chi connectivity index (χ0v) is 18.9. The number of para-hydroxylation sites is 1. The van der Waals surface area contributed by atoms with E-state index in [0.29, 0.717) is 17.4 Å². The number of ether oxygens (including phenoxy) is 1. The summed E-state index contributed by atoms with van der Waals surface area (Å²) in [7, 11) is 0. The first-order valence-corrected chi connectivity index (χ1v) is 11.2. The second kappa shape index (κ2) is 9.03. The van der Waals surface area contributed by atoms with Gasteiger partial charge in [0.05, 0.1) is 24.0 Å². The van der Waals surface area contributed by atoms with Gasteiger partial charge in [0.15, 0.2) is 5.11 Å². The first-order valence-electron chi connectivity index (χ1n) is 10.8. The van der Waals surface area contributed by atoms with E-state index in [1.165, 1.54) is 6.07 Å². The predicted molar refractivity (Wildman–Crippen MR) is 131 cm³/mol. The molecule has 2 atom stereocenters. The minimum atomic E-state index is -0.287. The van der Waals surface area contributed by atoms with Crippen molar-refractivity contribution in [1.29, 1.82) is 0 Å². The molecule has 166 valence electrons. The topological polar surface area (TPSA) is 42.3 Å². The van der Waals surface area contributed by atoms with Crippen molar-refractivity contribution >= 4 is 23.0 Å². The lowest BCUT2D eigenvalue weighted by Gasteiger charge is -2.29. The first-order chi connectivity index (χ1) is 16.2. The molecule has 0 bridgehead atoms. The number of nitrogens with one attached hydrogen (secondary N) is 1. The minimum absolute atomic E-state index is 0.217. The second-order valence-electron chi connectivity index (χ2n) is 7.68. The molecule has 5 rings (SSSR count). The summed E-state index contributed by atoms with van der Waals surface area (Å²) in [6.07, 6.45) is 3.65. The lowest BCUT2D eigenvalue weighted by atomic mass is 10.0. The fourth-order valence-corrected chi connectivity index (χ4v) is 4.65. The van der Waals surface area contributed by atoms with E-state index in [4.69, 9.17) is 17.0 Å². The van der Waals surface area contributed by atoms with E-state index in [9.17, 15) is 4.39 Å². The molecule has 1 aliphatic heterocycles. The molecule has 0 saturated carbocycles. The number of hydrogen-bond donors (Lipinski definition) is 1. The second-order valence-corrected chi connectivity index (χ2v) is 8.06. The number of nitrogens with zero attached hydrogens (tertiary/aromatic N) is 3. The third kappa shape index (κ3) is 3.96. The van der Waals surface area contributed by atoms with Crippen LogP contribution in [0.2, 0.25) is 0 Å². The van der Waals surface area contributed by atoms with E-state index in [1.54, 1.807) is 18.3 Å². The standard InChI is InChI=1S/C26H23FN4OS/c1-2-32-19-14-12-18(13-15-19)31-25(24(29-26(31)33)21-9-5-6-16-28-21)23-11-7-17-30(23)22-10-4-3-8-20(22)27/h3-17,24-25H,2H2,1H3,(H,29,33)/t24-,25-/m0/s1. The lowest BCUT2D eigenvalue weighted by Crippen LogP contribution is -2.30. The van der Waals surface area contributed by atoms with E-state index >= 15 is 0 Å². The van der Waals surface area contributed by atoms with Crippen molar-refractivity contribution in [3.63, 3.8) is 0 Å². The summed E-state index contributed by atoms with van der Waals surface area (Å²) in [6.45, 7) is 2.56. The summed E-state index contributed by atoms with van der Waals surface area (Å²) in [5, 5.41) is 4.03. The molecule has 0 unspecified atom stereocenters. The van der Waals surface area contributed by atoms with Crippen molar-refractivity contribution < 1.29 is 9.13 Å². The maximum Gasteiger partial charge on any atom is 0.174 e. The van der Waals surface area contributed by atoms with Crippen molar-refractivity contribution in [1.82, 2.24) is 14.9 Å². The van der Waals surface area contributed by atoms with Crippen molar-refractivity contribution in [3.8, 4) is 11.4 Å². The zero-order chi connectivity index (χ0) is 22.8. The van der Waals surface area contributed by atoms with Crippen LogP contribution >= 0.6 is 12.2 Å². The zero-order valence-electron chi connectivity index (χ0n) is 18.1. The molecule has 5 nitrogen and oxygen atoms in total. The molecule has 1 aliphatic rings. The molecule has 1 fully saturated rings. The van der Waals surface area contributed by atoms with Crippen molar-refractivity contribution in [2.45, 2.75) is 19.0 Å². The monoisotopic (exact) mass is 458 g/mol. The Morgan fingerprint density at radius 3 is 2.52 bits per heavy atom. The Balaban J connectivity index is 1.64. The molecule has 1 saturated heterocycles. The minimum Gasteiger partial charge on any atom is -0.494 e. The molecule has 2 aromatic carbocycles. The van der Waals surface area contributed by atoms with Gasteiger partial charge < -0.3 is 19.5 Å². The molecule has 0 aliphatic carbocycles. The van der Waals surface area contributed by atoms with E-state index in [1.807, 2.05) is 78.4 Å². The van der Waals surface area contributed by atoms with Gasteiger partial charge in [-0.05, 0) is 79.8 Å². The van der Waals surface area contributed by atoms with Crippen LogP contribution in [-0.4, -0.2) is 21.3 Å². The summed E-state index contributed by atoms with van der Waals surface area (Å²) >= 11 is 5.79. The third-order valence-electron chi connectivity index (χ3n) is 5.72. The Morgan fingerprint density at radius 1 is 1.00 bits per heavy atom. The molecular weight excluding hydrogens is 435 g/mol. The Bertz CT molecular complexity index is 1260. The maximum atomic E-state index is 14.8. The Morgan fingerprint density at radius 2 is 1.79 bits per heavy atom. The van der Waals surface area contributed by atoms with E-state index in [0.717, 1.165) is 22.8 Å².